The highest BCUT2D eigenvalue weighted by molar-refractivity contribution is 5.76. The summed E-state index contributed by atoms with van der Waals surface area (Å²) in [5.41, 5.74) is 0. The zero-order valence-corrected chi connectivity index (χ0v) is 10.3. The van der Waals surface area contributed by atoms with Gasteiger partial charge in [-0.05, 0) is 39.7 Å². The number of amides is 1. The summed E-state index contributed by atoms with van der Waals surface area (Å²) in [5.74, 6) is 0.307. The van der Waals surface area contributed by atoms with Crippen molar-refractivity contribution in [3.05, 3.63) is 0 Å². The van der Waals surface area contributed by atoms with Gasteiger partial charge >= 0.3 is 0 Å². The molecule has 1 aliphatic heterocycles. The lowest BCUT2D eigenvalue weighted by Crippen LogP contribution is -2.44. The van der Waals surface area contributed by atoms with Crippen molar-refractivity contribution in [2.45, 2.75) is 58.5 Å². The fourth-order valence-corrected chi connectivity index (χ4v) is 2.11. The third-order valence-electron chi connectivity index (χ3n) is 2.99. The number of rotatable bonds is 5. The second-order valence-corrected chi connectivity index (χ2v) is 4.68. The van der Waals surface area contributed by atoms with E-state index in [0.29, 0.717) is 24.4 Å². The SMILES string of the molecule is CCCC(=O)N(CC1CCCN1)C(C)C. The predicted octanol–water partition coefficient (Wildman–Crippen LogP) is 1.78. The molecule has 0 radical (unpaired) electrons. The fraction of sp³-hybridized carbons (Fsp3) is 0.917. The van der Waals surface area contributed by atoms with E-state index in [-0.39, 0.29) is 0 Å². The van der Waals surface area contributed by atoms with Crippen molar-refractivity contribution >= 4 is 5.91 Å². The van der Waals surface area contributed by atoms with E-state index >= 15 is 0 Å². The van der Waals surface area contributed by atoms with E-state index in [2.05, 4.69) is 26.1 Å². The van der Waals surface area contributed by atoms with Crippen LogP contribution in [0.15, 0.2) is 0 Å². The van der Waals surface area contributed by atoms with Gasteiger partial charge in [0.05, 0.1) is 0 Å². The van der Waals surface area contributed by atoms with Crippen molar-refractivity contribution in [1.29, 1.82) is 0 Å². The standard InChI is InChI=1S/C12H24N2O/c1-4-6-12(15)14(10(2)3)9-11-7-5-8-13-11/h10-11,13H,4-9H2,1-3H3. The molecule has 0 aromatic heterocycles. The van der Waals surface area contributed by atoms with Crippen LogP contribution in [0, 0.1) is 0 Å². The Kier molecular flexibility index (Phi) is 5.09. The van der Waals surface area contributed by atoms with Crippen molar-refractivity contribution in [3.8, 4) is 0 Å². The highest BCUT2D eigenvalue weighted by Gasteiger charge is 2.22. The van der Waals surface area contributed by atoms with Crippen LogP contribution < -0.4 is 5.32 Å². The summed E-state index contributed by atoms with van der Waals surface area (Å²) in [4.78, 5) is 13.9. The van der Waals surface area contributed by atoms with Crippen LogP contribution in [0.5, 0.6) is 0 Å². The normalized spacial score (nSPS) is 20.9. The quantitative estimate of drug-likeness (QED) is 0.753. The molecular formula is C12H24N2O. The minimum absolute atomic E-state index is 0.307. The largest absolute Gasteiger partial charge is 0.339 e. The highest BCUT2D eigenvalue weighted by Crippen LogP contribution is 2.11. The van der Waals surface area contributed by atoms with E-state index < -0.39 is 0 Å². The van der Waals surface area contributed by atoms with Gasteiger partial charge < -0.3 is 10.2 Å². The first-order valence-corrected chi connectivity index (χ1v) is 6.18. The molecule has 0 aromatic rings. The minimum atomic E-state index is 0.307. The highest BCUT2D eigenvalue weighted by atomic mass is 16.2. The Hall–Kier alpha value is -0.570. The lowest BCUT2D eigenvalue weighted by molar-refractivity contribution is -0.133. The first-order chi connectivity index (χ1) is 7.15. The molecule has 88 valence electrons. The van der Waals surface area contributed by atoms with E-state index in [4.69, 9.17) is 0 Å². The molecule has 1 aliphatic rings. The summed E-state index contributed by atoms with van der Waals surface area (Å²) < 4.78 is 0. The molecule has 0 bridgehead atoms. The third-order valence-corrected chi connectivity index (χ3v) is 2.99. The van der Waals surface area contributed by atoms with E-state index in [0.717, 1.165) is 19.5 Å². The van der Waals surface area contributed by atoms with Gasteiger partial charge in [-0.15, -0.1) is 0 Å². The van der Waals surface area contributed by atoms with Crippen molar-refractivity contribution in [1.82, 2.24) is 10.2 Å². The second-order valence-electron chi connectivity index (χ2n) is 4.68. The van der Waals surface area contributed by atoms with Gasteiger partial charge in [0, 0.05) is 25.0 Å². The summed E-state index contributed by atoms with van der Waals surface area (Å²) in [6.07, 6.45) is 4.09. The Morgan fingerprint density at radius 3 is 2.73 bits per heavy atom. The molecule has 0 saturated carbocycles. The molecule has 1 rings (SSSR count). The van der Waals surface area contributed by atoms with Crippen molar-refractivity contribution in [2.24, 2.45) is 0 Å². The van der Waals surface area contributed by atoms with Gasteiger partial charge in [0.25, 0.3) is 0 Å². The molecule has 1 N–H and O–H groups in total. The molecule has 0 aromatic carbocycles. The summed E-state index contributed by atoms with van der Waals surface area (Å²) in [6.45, 7) is 8.25. The van der Waals surface area contributed by atoms with Crippen LogP contribution in [-0.4, -0.2) is 36.0 Å². The Morgan fingerprint density at radius 1 is 1.53 bits per heavy atom. The van der Waals surface area contributed by atoms with Crippen molar-refractivity contribution in [2.75, 3.05) is 13.1 Å². The molecule has 1 heterocycles. The molecule has 1 amide bonds. The molecule has 1 unspecified atom stereocenters. The first-order valence-electron chi connectivity index (χ1n) is 6.18. The molecule has 15 heavy (non-hydrogen) atoms. The number of carbonyl (C=O) groups is 1. The van der Waals surface area contributed by atoms with Crippen LogP contribution in [0.25, 0.3) is 0 Å². The Balaban J connectivity index is 2.45. The minimum Gasteiger partial charge on any atom is -0.339 e. The van der Waals surface area contributed by atoms with Crippen LogP contribution in [0.1, 0.15) is 46.5 Å². The molecule has 0 aliphatic carbocycles. The summed E-state index contributed by atoms with van der Waals surface area (Å²) in [6, 6.07) is 0.847. The number of hydrogen-bond donors (Lipinski definition) is 1. The van der Waals surface area contributed by atoms with Crippen LogP contribution in [-0.2, 0) is 4.79 Å². The number of carbonyl (C=O) groups excluding carboxylic acids is 1. The molecule has 0 spiro atoms. The van der Waals surface area contributed by atoms with Crippen LogP contribution in [0.2, 0.25) is 0 Å². The lowest BCUT2D eigenvalue weighted by Gasteiger charge is -2.29. The zero-order chi connectivity index (χ0) is 11.3. The topological polar surface area (TPSA) is 32.3 Å². The number of hydrogen-bond acceptors (Lipinski definition) is 2. The number of nitrogens with one attached hydrogen (secondary N) is 1. The van der Waals surface area contributed by atoms with Gasteiger partial charge in [0.1, 0.15) is 0 Å². The van der Waals surface area contributed by atoms with Gasteiger partial charge in [-0.2, -0.15) is 0 Å². The Labute approximate surface area is 93.2 Å². The van der Waals surface area contributed by atoms with Crippen LogP contribution in [0.3, 0.4) is 0 Å². The molecule has 3 heteroatoms. The second kappa shape index (κ2) is 6.11. The monoisotopic (exact) mass is 212 g/mol. The van der Waals surface area contributed by atoms with Gasteiger partial charge in [-0.1, -0.05) is 6.92 Å². The molecule has 1 fully saturated rings. The fourth-order valence-electron chi connectivity index (χ4n) is 2.11. The average Bonchev–Trinajstić information content (AvgIpc) is 2.66. The average molecular weight is 212 g/mol. The van der Waals surface area contributed by atoms with Crippen LogP contribution in [0.4, 0.5) is 0 Å². The maximum Gasteiger partial charge on any atom is 0.222 e. The maximum absolute atomic E-state index is 11.9. The molecule has 3 nitrogen and oxygen atoms in total. The summed E-state index contributed by atoms with van der Waals surface area (Å²) in [5, 5.41) is 3.45. The third kappa shape index (κ3) is 3.82. The van der Waals surface area contributed by atoms with Gasteiger partial charge in [0.2, 0.25) is 5.91 Å². The molecule has 1 atom stereocenters. The van der Waals surface area contributed by atoms with E-state index in [1.165, 1.54) is 12.8 Å². The zero-order valence-electron chi connectivity index (χ0n) is 10.3. The van der Waals surface area contributed by atoms with E-state index in [9.17, 15) is 4.79 Å². The van der Waals surface area contributed by atoms with E-state index in [1.807, 2.05) is 4.90 Å². The Bertz CT molecular complexity index is 198. The van der Waals surface area contributed by atoms with E-state index in [1.54, 1.807) is 0 Å². The summed E-state index contributed by atoms with van der Waals surface area (Å²) in [7, 11) is 0. The molecule has 1 saturated heterocycles. The lowest BCUT2D eigenvalue weighted by atomic mass is 10.1. The van der Waals surface area contributed by atoms with Crippen molar-refractivity contribution in [3.63, 3.8) is 0 Å². The smallest absolute Gasteiger partial charge is 0.222 e. The van der Waals surface area contributed by atoms with Crippen LogP contribution >= 0.6 is 0 Å². The maximum atomic E-state index is 11.9. The van der Waals surface area contributed by atoms with Crippen molar-refractivity contribution < 1.29 is 4.79 Å². The summed E-state index contributed by atoms with van der Waals surface area (Å²) >= 11 is 0. The number of nitrogens with zero attached hydrogens (tertiary/aromatic N) is 1. The predicted molar refractivity (Wildman–Crippen MR) is 62.8 cm³/mol. The molecular weight excluding hydrogens is 188 g/mol. The van der Waals surface area contributed by atoms with Gasteiger partial charge in [-0.25, -0.2) is 0 Å². The first kappa shape index (κ1) is 12.5. The Morgan fingerprint density at radius 2 is 2.27 bits per heavy atom. The van der Waals surface area contributed by atoms with Gasteiger partial charge in [0.15, 0.2) is 0 Å². The van der Waals surface area contributed by atoms with Gasteiger partial charge in [-0.3, -0.25) is 4.79 Å².